The number of halogens is 2. The molecule has 2 aromatic carbocycles. The molecule has 0 aliphatic heterocycles. The van der Waals surface area contributed by atoms with E-state index in [1.807, 2.05) is 0 Å². The minimum Gasteiger partial charge on any atom is -0.391 e. The van der Waals surface area contributed by atoms with Gasteiger partial charge in [-0.15, -0.1) is 0 Å². The molecule has 0 spiro atoms. The summed E-state index contributed by atoms with van der Waals surface area (Å²) in [7, 11) is 0. The number of amides is 2. The normalized spacial score (nSPS) is 12.5. The first kappa shape index (κ1) is 21.2. The molecule has 140 valence electrons. The van der Waals surface area contributed by atoms with Gasteiger partial charge in [-0.1, -0.05) is 19.6 Å². The first-order chi connectivity index (χ1) is 11.8. The Morgan fingerprint density at radius 1 is 1.08 bits per heavy atom. The van der Waals surface area contributed by atoms with Gasteiger partial charge in [-0.3, -0.25) is 14.8 Å². The third-order valence-corrected chi connectivity index (χ3v) is 3.55. The van der Waals surface area contributed by atoms with Gasteiger partial charge in [0.15, 0.2) is 0 Å². The Balaban J connectivity index is 0.00000338. The molecule has 6 nitrogen and oxygen atoms in total. The maximum absolute atomic E-state index is 13.8. The van der Waals surface area contributed by atoms with Gasteiger partial charge in [0.1, 0.15) is 17.7 Å². The van der Waals surface area contributed by atoms with Crippen LogP contribution in [0.4, 0.5) is 8.78 Å². The molecule has 2 rings (SSSR count). The van der Waals surface area contributed by atoms with Crippen molar-refractivity contribution in [2.75, 3.05) is 0 Å². The van der Waals surface area contributed by atoms with E-state index in [9.17, 15) is 23.5 Å². The van der Waals surface area contributed by atoms with Gasteiger partial charge in [0.2, 0.25) is 0 Å². The van der Waals surface area contributed by atoms with Crippen molar-refractivity contribution >= 4 is 11.8 Å². The van der Waals surface area contributed by atoms with Gasteiger partial charge in [-0.25, -0.2) is 14.3 Å². The van der Waals surface area contributed by atoms with Crippen LogP contribution in [0.2, 0.25) is 0 Å². The lowest BCUT2D eigenvalue weighted by Crippen LogP contribution is -2.51. The molecule has 0 saturated heterocycles. The minimum atomic E-state index is -1.35. The number of aliphatic hydroxyl groups excluding tert-OH is 1. The summed E-state index contributed by atoms with van der Waals surface area (Å²) in [6.45, 7) is 1.27. The quantitative estimate of drug-likeness (QED) is 0.482. The van der Waals surface area contributed by atoms with Crippen LogP contribution in [0.5, 0.6) is 0 Å². The number of benzene rings is 2. The van der Waals surface area contributed by atoms with Crippen LogP contribution in [0.3, 0.4) is 0 Å². The van der Waals surface area contributed by atoms with E-state index in [0.29, 0.717) is 5.56 Å². The van der Waals surface area contributed by atoms with Gasteiger partial charge >= 0.3 is 0 Å². The van der Waals surface area contributed by atoms with E-state index in [-0.39, 0.29) is 18.6 Å². The van der Waals surface area contributed by atoms with Crippen molar-refractivity contribution in [1.29, 1.82) is 0 Å². The molecule has 26 heavy (non-hydrogen) atoms. The van der Waals surface area contributed by atoms with Crippen LogP contribution in [-0.2, 0) is 4.79 Å². The Morgan fingerprint density at radius 2 is 1.69 bits per heavy atom. The van der Waals surface area contributed by atoms with Gasteiger partial charge < -0.3 is 10.4 Å². The van der Waals surface area contributed by atoms with Crippen LogP contribution in [-0.4, -0.2) is 34.3 Å². The molecule has 0 radical (unpaired) electrons. The second-order valence-electron chi connectivity index (χ2n) is 5.37. The zero-order valence-electron chi connectivity index (χ0n) is 13.2. The molecule has 2 aromatic rings. The largest absolute Gasteiger partial charge is 0.391 e. The van der Waals surface area contributed by atoms with Gasteiger partial charge in [0.05, 0.1) is 6.10 Å². The second-order valence-corrected chi connectivity index (χ2v) is 5.37. The molecular weight excluding hydrogens is 346 g/mol. The van der Waals surface area contributed by atoms with Crippen LogP contribution in [0.25, 0.3) is 11.1 Å². The van der Waals surface area contributed by atoms with Gasteiger partial charge in [-0.2, -0.15) is 0 Å². The number of carbonyl (C=O) groups is 2. The van der Waals surface area contributed by atoms with Crippen molar-refractivity contribution in [3.8, 4) is 11.1 Å². The third-order valence-electron chi connectivity index (χ3n) is 3.55. The summed E-state index contributed by atoms with van der Waals surface area (Å²) >= 11 is 0. The molecule has 4 N–H and O–H groups in total. The number of hydroxylamine groups is 1. The molecule has 2 atom stereocenters. The van der Waals surface area contributed by atoms with Crippen LogP contribution >= 0.6 is 0 Å². The van der Waals surface area contributed by atoms with Crippen molar-refractivity contribution < 1.29 is 28.7 Å². The van der Waals surface area contributed by atoms with Crippen LogP contribution in [0.15, 0.2) is 42.5 Å². The molecule has 0 aliphatic carbocycles. The van der Waals surface area contributed by atoms with Crippen LogP contribution in [0.1, 0.15) is 24.7 Å². The fraction of sp³-hybridized carbons (Fsp3) is 0.222. The average Bonchev–Trinajstić information content (AvgIpc) is 2.60. The summed E-state index contributed by atoms with van der Waals surface area (Å²) in [5.41, 5.74) is 1.91. The molecule has 0 aromatic heterocycles. The minimum absolute atomic E-state index is 0. The molecule has 0 unspecified atom stereocenters. The second kappa shape index (κ2) is 9.02. The topological polar surface area (TPSA) is 98.7 Å². The highest BCUT2D eigenvalue weighted by Crippen LogP contribution is 2.24. The van der Waals surface area contributed by atoms with Crippen molar-refractivity contribution in [3.05, 3.63) is 59.7 Å². The molecule has 0 aliphatic rings. The number of aliphatic hydroxyl groups is 1. The predicted molar refractivity (Wildman–Crippen MR) is 91.4 cm³/mol. The molecular formula is C18H20F2N2O4. The Hall–Kier alpha value is -2.84. The zero-order valence-corrected chi connectivity index (χ0v) is 13.2. The number of hydrogen-bond donors (Lipinski definition) is 4. The van der Waals surface area contributed by atoms with Crippen molar-refractivity contribution in [3.63, 3.8) is 0 Å². The first-order valence-electron chi connectivity index (χ1n) is 7.32. The monoisotopic (exact) mass is 366 g/mol. The molecule has 0 bridgehead atoms. The van der Waals surface area contributed by atoms with Crippen LogP contribution in [0, 0.1) is 11.6 Å². The lowest BCUT2D eigenvalue weighted by Gasteiger charge is -2.19. The molecule has 0 heterocycles. The van der Waals surface area contributed by atoms with Gasteiger partial charge in [0, 0.05) is 11.1 Å². The summed E-state index contributed by atoms with van der Waals surface area (Å²) in [6.07, 6.45) is -1.24. The summed E-state index contributed by atoms with van der Waals surface area (Å²) in [5, 5.41) is 20.4. The highest BCUT2D eigenvalue weighted by atomic mass is 19.1. The van der Waals surface area contributed by atoms with Gasteiger partial charge in [-0.05, 0) is 42.8 Å². The number of carbonyl (C=O) groups excluding carboxylic acids is 2. The molecule has 2 amide bonds. The maximum Gasteiger partial charge on any atom is 0.268 e. The zero-order chi connectivity index (χ0) is 18.6. The summed E-state index contributed by atoms with van der Waals surface area (Å²) < 4.78 is 27.0. The van der Waals surface area contributed by atoms with Crippen molar-refractivity contribution in [1.82, 2.24) is 10.8 Å². The van der Waals surface area contributed by atoms with E-state index < -0.39 is 35.6 Å². The van der Waals surface area contributed by atoms with E-state index in [1.54, 1.807) is 0 Å². The Kier molecular flexibility index (Phi) is 7.36. The molecule has 8 heteroatoms. The lowest BCUT2D eigenvalue weighted by molar-refractivity contribution is -0.133. The third kappa shape index (κ3) is 4.84. The van der Waals surface area contributed by atoms with Crippen molar-refractivity contribution in [2.24, 2.45) is 0 Å². The SMILES string of the molecule is C.C[C@@H](O)[C@H](NC(=O)c1ccc(-c2cc(F)ccc2F)cc1)C(=O)NO. The summed E-state index contributed by atoms with van der Waals surface area (Å²) in [4.78, 5) is 23.5. The highest BCUT2D eigenvalue weighted by Gasteiger charge is 2.25. The Morgan fingerprint density at radius 3 is 2.23 bits per heavy atom. The fourth-order valence-electron chi connectivity index (χ4n) is 2.22. The fourth-order valence-corrected chi connectivity index (χ4v) is 2.22. The summed E-state index contributed by atoms with van der Waals surface area (Å²) in [6, 6.07) is 7.29. The smallest absolute Gasteiger partial charge is 0.268 e. The molecule has 0 fully saturated rings. The first-order valence-corrected chi connectivity index (χ1v) is 7.32. The van der Waals surface area contributed by atoms with E-state index in [4.69, 9.17) is 5.21 Å². The standard InChI is InChI=1S/C17H16F2N2O4.CH4/c1-9(22)15(17(24)21-25)20-16(23)11-4-2-10(3-5-11)13-8-12(18)6-7-14(13)19;/h2-9,15,22,25H,1H3,(H,20,23)(H,21,24);1H4/t9-,15+;/m1./s1. The van der Waals surface area contributed by atoms with E-state index in [1.165, 1.54) is 36.7 Å². The van der Waals surface area contributed by atoms with Crippen molar-refractivity contribution in [2.45, 2.75) is 26.5 Å². The van der Waals surface area contributed by atoms with E-state index >= 15 is 0 Å². The molecule has 0 saturated carbocycles. The Bertz CT molecular complexity index is 779. The van der Waals surface area contributed by atoms with Crippen LogP contribution < -0.4 is 10.8 Å². The van der Waals surface area contributed by atoms with Gasteiger partial charge in [0.25, 0.3) is 11.8 Å². The van der Waals surface area contributed by atoms with E-state index in [0.717, 1.165) is 18.2 Å². The highest BCUT2D eigenvalue weighted by molar-refractivity contribution is 5.97. The number of nitrogens with one attached hydrogen (secondary N) is 2. The lowest BCUT2D eigenvalue weighted by atomic mass is 10.0. The maximum atomic E-state index is 13.8. The predicted octanol–water partition coefficient (Wildman–Crippen LogP) is 2.25. The Labute approximate surface area is 149 Å². The average molecular weight is 366 g/mol. The number of hydrogen-bond acceptors (Lipinski definition) is 4. The number of rotatable bonds is 5. The van der Waals surface area contributed by atoms with E-state index in [2.05, 4.69) is 5.32 Å². The summed E-state index contributed by atoms with van der Waals surface area (Å²) in [5.74, 6) is -2.84.